The van der Waals surface area contributed by atoms with E-state index in [1.165, 1.54) is 212 Å². The molecule has 0 spiro atoms. The standard InChI is InChI=1S/C81H142NO8P/c1-3-5-7-9-11-13-15-17-19-21-23-25-27-29-31-33-35-36-37-38-39-40-41-42-44-45-47-49-51-53-55-57-59-61-63-65-67-69-71-73-80(83)87-77-79(78-89-91(85,86)88-76-75-82)90-81(84)74-72-70-68-66-64-62-60-58-56-54-52-50-48-46-43-34-32-30-28-26-24-22-20-18-16-14-12-10-8-6-4-2/h6,8,12,14-15,17-18,20-21,23-24,26-27,29-30,32,43,46,50,52,79H,3-5,7,9-11,13,16,19,22,25,28,31,33-42,44-45,47-49,51,53-78,82H2,1-2H3,(H,85,86)/b8-6-,14-12-,17-15-,20-18-,23-21-,26-24-,29-27-,32-30-,46-43-,52-50-. The number of rotatable bonds is 71. The molecule has 0 aromatic heterocycles. The number of hydrogen-bond donors (Lipinski definition) is 2. The van der Waals surface area contributed by atoms with Gasteiger partial charge in [0.15, 0.2) is 6.10 Å². The molecule has 0 aromatic carbocycles. The highest BCUT2D eigenvalue weighted by atomic mass is 31.2. The molecule has 524 valence electrons. The summed E-state index contributed by atoms with van der Waals surface area (Å²) in [5.41, 5.74) is 5.41. The van der Waals surface area contributed by atoms with Crippen LogP contribution in [0.4, 0.5) is 0 Å². The second kappa shape index (κ2) is 75.4. The zero-order valence-corrected chi connectivity index (χ0v) is 59.9. The van der Waals surface area contributed by atoms with E-state index in [-0.39, 0.29) is 38.6 Å². The van der Waals surface area contributed by atoms with Crippen LogP contribution in [0.5, 0.6) is 0 Å². The monoisotopic (exact) mass is 1290 g/mol. The zero-order chi connectivity index (χ0) is 65.8. The average Bonchev–Trinajstić information content (AvgIpc) is 3.71. The van der Waals surface area contributed by atoms with Gasteiger partial charge in [0.25, 0.3) is 0 Å². The van der Waals surface area contributed by atoms with Crippen LogP contribution in [0.25, 0.3) is 0 Å². The maximum Gasteiger partial charge on any atom is 0.472 e. The molecule has 0 bridgehead atoms. The summed E-state index contributed by atoms with van der Waals surface area (Å²) < 4.78 is 33.2. The fraction of sp³-hybridized carbons (Fsp3) is 0.728. The first kappa shape index (κ1) is 87.4. The Bertz CT molecular complexity index is 1910. The van der Waals surface area contributed by atoms with Crippen LogP contribution in [0.2, 0.25) is 0 Å². The summed E-state index contributed by atoms with van der Waals surface area (Å²) in [6.07, 6.45) is 106. The molecule has 3 N–H and O–H groups in total. The minimum absolute atomic E-state index is 0.0486. The molecule has 0 amide bonds. The van der Waals surface area contributed by atoms with Crippen molar-refractivity contribution in [2.45, 2.75) is 354 Å². The highest BCUT2D eigenvalue weighted by Crippen LogP contribution is 2.43. The third kappa shape index (κ3) is 75.3. The number of unbranched alkanes of at least 4 members (excludes halogenated alkanes) is 38. The van der Waals surface area contributed by atoms with Crippen molar-refractivity contribution in [2.24, 2.45) is 5.73 Å². The molecule has 0 aliphatic carbocycles. The summed E-state index contributed by atoms with van der Waals surface area (Å²) in [5, 5.41) is 0. The predicted molar refractivity (Wildman–Crippen MR) is 394 cm³/mol. The number of ether oxygens (including phenoxy) is 2. The summed E-state index contributed by atoms with van der Waals surface area (Å²) in [4.78, 5) is 35.4. The minimum Gasteiger partial charge on any atom is -0.462 e. The smallest absolute Gasteiger partial charge is 0.462 e. The van der Waals surface area contributed by atoms with Crippen molar-refractivity contribution in [3.8, 4) is 0 Å². The van der Waals surface area contributed by atoms with Gasteiger partial charge < -0.3 is 20.1 Å². The largest absolute Gasteiger partial charge is 0.472 e. The topological polar surface area (TPSA) is 134 Å². The molecule has 0 aliphatic heterocycles. The first-order valence-electron chi connectivity index (χ1n) is 38.0. The van der Waals surface area contributed by atoms with Crippen molar-refractivity contribution in [3.63, 3.8) is 0 Å². The Morgan fingerprint density at radius 1 is 0.341 bits per heavy atom. The lowest BCUT2D eigenvalue weighted by Crippen LogP contribution is -2.29. The van der Waals surface area contributed by atoms with E-state index in [1.54, 1.807) is 0 Å². The summed E-state index contributed by atoms with van der Waals surface area (Å²) in [6, 6.07) is 0. The van der Waals surface area contributed by atoms with E-state index in [9.17, 15) is 19.0 Å². The molecule has 9 nitrogen and oxygen atoms in total. The maximum atomic E-state index is 12.8. The summed E-state index contributed by atoms with van der Waals surface area (Å²) in [7, 11) is -4.40. The van der Waals surface area contributed by atoms with Gasteiger partial charge in [0.2, 0.25) is 0 Å². The molecule has 0 aromatic rings. The Balaban J connectivity index is 3.84. The van der Waals surface area contributed by atoms with Gasteiger partial charge >= 0.3 is 19.8 Å². The number of carbonyl (C=O) groups is 2. The summed E-state index contributed by atoms with van der Waals surface area (Å²) >= 11 is 0. The third-order valence-electron chi connectivity index (χ3n) is 16.3. The van der Waals surface area contributed by atoms with Gasteiger partial charge in [0.1, 0.15) is 6.61 Å². The number of phosphoric acid groups is 1. The summed E-state index contributed by atoms with van der Waals surface area (Å²) in [6.45, 7) is 3.64. The molecule has 10 heteroatoms. The van der Waals surface area contributed by atoms with Crippen LogP contribution in [-0.4, -0.2) is 49.3 Å². The van der Waals surface area contributed by atoms with Crippen LogP contribution in [0.15, 0.2) is 122 Å². The SMILES string of the molecule is CC/C=C\C/C=C\C/C=C\C/C=C\C/C=C\C/C=C\C/C=C\CCCCCCCCCCCC(=O)OC(COC(=O)CCCCCCCCCCCCCCCCCCCCCCCCCC/C=C\C/C=C\C/C=C\CCCCCCC)COP(=O)(O)OCCN. The highest BCUT2D eigenvalue weighted by molar-refractivity contribution is 7.47. The second-order valence-corrected chi connectivity index (χ2v) is 26.6. The van der Waals surface area contributed by atoms with Crippen LogP contribution in [0, 0.1) is 0 Å². The Morgan fingerprint density at radius 3 is 0.901 bits per heavy atom. The van der Waals surface area contributed by atoms with E-state index in [4.69, 9.17) is 24.3 Å². The van der Waals surface area contributed by atoms with Gasteiger partial charge in [-0.1, -0.05) is 347 Å². The van der Waals surface area contributed by atoms with E-state index in [0.717, 1.165) is 103 Å². The first-order chi connectivity index (χ1) is 44.8. The van der Waals surface area contributed by atoms with Crippen molar-refractivity contribution >= 4 is 19.8 Å². The van der Waals surface area contributed by atoms with Gasteiger partial charge in [0.05, 0.1) is 13.2 Å². The van der Waals surface area contributed by atoms with Crippen LogP contribution in [0.3, 0.4) is 0 Å². The number of allylic oxidation sites excluding steroid dienone is 20. The Labute approximate surface area is 561 Å². The lowest BCUT2D eigenvalue weighted by molar-refractivity contribution is -0.161. The Morgan fingerprint density at radius 2 is 0.604 bits per heavy atom. The number of nitrogens with two attached hydrogens (primary N) is 1. The molecule has 0 saturated carbocycles. The number of esters is 2. The van der Waals surface area contributed by atoms with E-state index < -0.39 is 26.5 Å². The molecular weight excluding hydrogens is 1150 g/mol. The molecule has 0 saturated heterocycles. The van der Waals surface area contributed by atoms with Crippen LogP contribution in [0.1, 0.15) is 348 Å². The Kier molecular flexibility index (Phi) is 72.5. The summed E-state index contributed by atoms with van der Waals surface area (Å²) in [5.74, 6) is -0.827. The molecule has 0 aliphatic rings. The van der Waals surface area contributed by atoms with Gasteiger partial charge in [-0.15, -0.1) is 0 Å². The van der Waals surface area contributed by atoms with Gasteiger partial charge in [-0.25, -0.2) is 4.57 Å². The molecule has 0 radical (unpaired) electrons. The Hall–Kier alpha value is -3.59. The van der Waals surface area contributed by atoms with Crippen LogP contribution < -0.4 is 5.73 Å². The quantitative estimate of drug-likeness (QED) is 0.0264. The number of phosphoric ester groups is 1. The van der Waals surface area contributed by atoms with Crippen molar-refractivity contribution < 1.29 is 37.6 Å². The fourth-order valence-electron chi connectivity index (χ4n) is 10.7. The van der Waals surface area contributed by atoms with E-state index in [1.807, 2.05) is 0 Å². The second-order valence-electron chi connectivity index (χ2n) is 25.1. The molecule has 0 heterocycles. The molecule has 0 fully saturated rings. The van der Waals surface area contributed by atoms with Gasteiger partial charge in [-0.05, 0) is 109 Å². The van der Waals surface area contributed by atoms with Crippen molar-refractivity contribution in [2.75, 3.05) is 26.4 Å². The molecular formula is C81H142NO8P. The number of hydrogen-bond acceptors (Lipinski definition) is 8. The van der Waals surface area contributed by atoms with Gasteiger partial charge in [0, 0.05) is 19.4 Å². The van der Waals surface area contributed by atoms with Gasteiger partial charge in [-0.3, -0.25) is 18.6 Å². The van der Waals surface area contributed by atoms with Crippen LogP contribution in [-0.2, 0) is 32.7 Å². The van der Waals surface area contributed by atoms with Crippen molar-refractivity contribution in [1.82, 2.24) is 0 Å². The fourth-order valence-corrected chi connectivity index (χ4v) is 11.5. The average molecular weight is 1290 g/mol. The maximum absolute atomic E-state index is 12.8. The zero-order valence-electron chi connectivity index (χ0n) is 59.1. The first-order valence-corrected chi connectivity index (χ1v) is 39.5. The predicted octanol–water partition coefficient (Wildman–Crippen LogP) is 25.4. The van der Waals surface area contributed by atoms with Crippen molar-refractivity contribution in [3.05, 3.63) is 122 Å². The normalized spacial score (nSPS) is 13.6. The number of carbonyl (C=O) groups excluding carboxylic acids is 2. The lowest BCUT2D eigenvalue weighted by Gasteiger charge is -2.19. The van der Waals surface area contributed by atoms with Crippen LogP contribution >= 0.6 is 7.82 Å². The highest BCUT2D eigenvalue weighted by Gasteiger charge is 2.26. The molecule has 2 atom stereocenters. The van der Waals surface area contributed by atoms with Gasteiger partial charge in [-0.2, -0.15) is 0 Å². The third-order valence-corrected chi connectivity index (χ3v) is 17.3. The minimum atomic E-state index is -4.40. The van der Waals surface area contributed by atoms with Crippen molar-refractivity contribution in [1.29, 1.82) is 0 Å². The lowest BCUT2D eigenvalue weighted by atomic mass is 10.0. The molecule has 2 unspecified atom stereocenters. The van der Waals surface area contributed by atoms with E-state index in [2.05, 4.69) is 135 Å². The molecule has 91 heavy (non-hydrogen) atoms. The molecule has 0 rings (SSSR count). The van der Waals surface area contributed by atoms with E-state index >= 15 is 0 Å². The van der Waals surface area contributed by atoms with E-state index in [0.29, 0.717) is 6.42 Å².